The molecule has 0 amide bonds. The van der Waals surface area contributed by atoms with Gasteiger partial charge in [-0.1, -0.05) is 28.0 Å². The number of rotatable bonds is 3. The second-order valence-electron chi connectivity index (χ2n) is 2.76. The molecule has 1 heterocycles. The Kier molecular flexibility index (Phi) is 3.02. The number of carboxylic acid groups (broad SMARTS) is 1. The summed E-state index contributed by atoms with van der Waals surface area (Å²) in [6, 6.07) is 4.21. The Balaban J connectivity index is 2.26. The number of aromatic nitrogens is 2. The Bertz CT molecular complexity index is 515. The van der Waals surface area contributed by atoms with Crippen molar-refractivity contribution in [2.24, 2.45) is 0 Å². The number of ether oxygens (including phenoxy) is 1. The van der Waals surface area contributed by atoms with Crippen LogP contribution in [0.3, 0.4) is 0 Å². The van der Waals surface area contributed by atoms with E-state index in [0.717, 1.165) is 0 Å². The minimum absolute atomic E-state index is 0.106. The molecule has 0 aliphatic heterocycles. The summed E-state index contributed by atoms with van der Waals surface area (Å²) in [4.78, 5) is 10.7. The maximum absolute atomic E-state index is 10.7. The van der Waals surface area contributed by atoms with Crippen LogP contribution >= 0.6 is 22.9 Å². The van der Waals surface area contributed by atoms with E-state index in [-0.39, 0.29) is 10.6 Å². The number of hydrogen-bond donors (Lipinski definition) is 1. The second-order valence-corrected chi connectivity index (χ2v) is 3.96. The van der Waals surface area contributed by atoms with Crippen molar-refractivity contribution in [1.29, 1.82) is 0 Å². The van der Waals surface area contributed by atoms with E-state index in [9.17, 15) is 4.79 Å². The van der Waals surface area contributed by atoms with E-state index in [1.165, 1.54) is 35.0 Å². The van der Waals surface area contributed by atoms with E-state index in [1.54, 1.807) is 0 Å². The van der Waals surface area contributed by atoms with Gasteiger partial charge in [0, 0.05) is 0 Å². The number of carbonyl (C=O) groups is 1. The monoisotopic (exact) mass is 256 g/mol. The molecule has 0 atom stereocenters. The first-order valence-corrected chi connectivity index (χ1v) is 5.39. The van der Waals surface area contributed by atoms with E-state index >= 15 is 0 Å². The molecule has 1 aromatic heterocycles. The summed E-state index contributed by atoms with van der Waals surface area (Å²) in [5, 5.41) is 16.6. The molecule has 0 fully saturated rings. The molecule has 1 N–H and O–H groups in total. The van der Waals surface area contributed by atoms with E-state index in [4.69, 9.17) is 21.4 Å². The lowest BCUT2D eigenvalue weighted by Crippen LogP contribution is -1.96. The highest BCUT2D eigenvalue weighted by atomic mass is 35.5. The molecule has 82 valence electrons. The van der Waals surface area contributed by atoms with Crippen LogP contribution < -0.4 is 4.74 Å². The third kappa shape index (κ3) is 2.29. The summed E-state index contributed by atoms with van der Waals surface area (Å²) in [5.41, 5.74) is 1.63. The Hall–Kier alpha value is -1.66. The van der Waals surface area contributed by atoms with Crippen LogP contribution in [0, 0.1) is 0 Å². The highest BCUT2D eigenvalue weighted by Crippen LogP contribution is 2.30. The Labute approximate surface area is 99.3 Å². The largest absolute Gasteiger partial charge is 0.478 e. The average molecular weight is 257 g/mol. The lowest BCUT2D eigenvalue weighted by atomic mass is 10.2. The number of hydrogen-bond acceptors (Lipinski definition) is 5. The van der Waals surface area contributed by atoms with Crippen LogP contribution in [0.5, 0.6) is 10.9 Å². The van der Waals surface area contributed by atoms with E-state index in [1.807, 2.05) is 0 Å². The van der Waals surface area contributed by atoms with Gasteiger partial charge in [-0.3, -0.25) is 0 Å². The molecule has 0 saturated heterocycles. The highest BCUT2D eigenvalue weighted by Gasteiger charge is 2.09. The predicted molar refractivity (Wildman–Crippen MR) is 58.4 cm³/mol. The zero-order valence-corrected chi connectivity index (χ0v) is 9.33. The molecule has 0 radical (unpaired) electrons. The van der Waals surface area contributed by atoms with Crippen molar-refractivity contribution in [1.82, 2.24) is 10.2 Å². The SMILES string of the molecule is O=C(O)c1ccc(Oc2nncs2)c(Cl)c1. The van der Waals surface area contributed by atoms with Gasteiger partial charge in [-0.05, 0) is 18.2 Å². The molecule has 0 saturated carbocycles. The zero-order chi connectivity index (χ0) is 11.5. The lowest BCUT2D eigenvalue weighted by Gasteiger charge is -2.04. The fraction of sp³-hybridized carbons (Fsp3) is 0. The minimum atomic E-state index is -1.04. The van der Waals surface area contributed by atoms with E-state index in [0.29, 0.717) is 10.9 Å². The zero-order valence-electron chi connectivity index (χ0n) is 7.75. The van der Waals surface area contributed by atoms with Gasteiger partial charge in [0.25, 0.3) is 5.19 Å². The van der Waals surface area contributed by atoms with Crippen LogP contribution in [0.4, 0.5) is 0 Å². The summed E-state index contributed by atoms with van der Waals surface area (Å²) >= 11 is 7.08. The average Bonchev–Trinajstić information content (AvgIpc) is 2.73. The number of carboxylic acids is 1. The Morgan fingerprint density at radius 1 is 1.50 bits per heavy atom. The molecule has 0 aliphatic carbocycles. The summed E-state index contributed by atoms with van der Waals surface area (Å²) in [5.74, 6) is -0.687. The summed E-state index contributed by atoms with van der Waals surface area (Å²) in [6.07, 6.45) is 0. The van der Waals surface area contributed by atoms with Crippen LogP contribution in [0.2, 0.25) is 5.02 Å². The maximum Gasteiger partial charge on any atom is 0.335 e. The van der Waals surface area contributed by atoms with Crippen molar-refractivity contribution in [3.8, 4) is 10.9 Å². The molecule has 1 aromatic carbocycles. The molecule has 0 unspecified atom stereocenters. The van der Waals surface area contributed by atoms with Crippen molar-refractivity contribution in [2.45, 2.75) is 0 Å². The molecule has 0 spiro atoms. The van der Waals surface area contributed by atoms with Gasteiger partial charge in [0.05, 0.1) is 10.6 Å². The minimum Gasteiger partial charge on any atom is -0.478 e. The summed E-state index contributed by atoms with van der Waals surface area (Å²) in [7, 11) is 0. The van der Waals surface area contributed by atoms with Crippen molar-refractivity contribution < 1.29 is 14.6 Å². The summed E-state index contributed by atoms with van der Waals surface area (Å²) < 4.78 is 5.30. The van der Waals surface area contributed by atoms with Gasteiger partial charge in [-0.15, -0.1) is 5.10 Å². The molecule has 0 bridgehead atoms. The fourth-order valence-corrected chi connectivity index (χ4v) is 1.65. The molecular weight excluding hydrogens is 252 g/mol. The first-order chi connectivity index (χ1) is 7.66. The normalized spacial score (nSPS) is 10.1. The van der Waals surface area contributed by atoms with Crippen molar-refractivity contribution in [2.75, 3.05) is 0 Å². The van der Waals surface area contributed by atoms with Gasteiger partial charge >= 0.3 is 5.97 Å². The van der Waals surface area contributed by atoms with Gasteiger partial charge in [0.15, 0.2) is 0 Å². The van der Waals surface area contributed by atoms with E-state index < -0.39 is 5.97 Å². The molecular formula is C9H5ClN2O3S. The number of halogens is 1. The molecule has 2 aromatic rings. The van der Waals surface area contributed by atoms with E-state index in [2.05, 4.69) is 10.2 Å². The second kappa shape index (κ2) is 4.46. The van der Waals surface area contributed by atoms with Crippen molar-refractivity contribution >= 4 is 28.9 Å². The standard InChI is InChI=1S/C9H5ClN2O3S/c10-6-3-5(8(13)14)1-2-7(6)15-9-12-11-4-16-9/h1-4H,(H,13,14). The topological polar surface area (TPSA) is 72.3 Å². The molecule has 2 rings (SSSR count). The molecule has 16 heavy (non-hydrogen) atoms. The van der Waals surface area contributed by atoms with Crippen molar-refractivity contribution in [3.63, 3.8) is 0 Å². The quantitative estimate of drug-likeness (QED) is 0.914. The molecule has 0 aliphatic rings. The van der Waals surface area contributed by atoms with Crippen LogP contribution in [0.1, 0.15) is 10.4 Å². The van der Waals surface area contributed by atoms with Gasteiger partial charge in [-0.2, -0.15) is 0 Å². The van der Waals surface area contributed by atoms with Crippen molar-refractivity contribution in [3.05, 3.63) is 34.3 Å². The number of aromatic carboxylic acids is 1. The smallest absolute Gasteiger partial charge is 0.335 e. The van der Waals surface area contributed by atoms with Gasteiger partial charge in [-0.25, -0.2) is 4.79 Å². The highest BCUT2D eigenvalue weighted by molar-refractivity contribution is 7.11. The van der Waals surface area contributed by atoms with Gasteiger partial charge < -0.3 is 9.84 Å². The van der Waals surface area contributed by atoms with Gasteiger partial charge in [0.1, 0.15) is 11.3 Å². The molecule has 7 heteroatoms. The first kappa shape index (κ1) is 10.8. The third-order valence-corrected chi connectivity index (χ3v) is 2.58. The maximum atomic E-state index is 10.7. The Morgan fingerprint density at radius 3 is 2.88 bits per heavy atom. The van der Waals surface area contributed by atoms with Crippen LogP contribution in [0.25, 0.3) is 0 Å². The number of benzene rings is 1. The lowest BCUT2D eigenvalue weighted by molar-refractivity contribution is 0.0697. The third-order valence-electron chi connectivity index (χ3n) is 1.72. The molecule has 5 nitrogen and oxygen atoms in total. The Morgan fingerprint density at radius 2 is 2.31 bits per heavy atom. The van der Waals surface area contributed by atoms with Gasteiger partial charge in [0.2, 0.25) is 0 Å². The fourth-order valence-electron chi connectivity index (χ4n) is 1.02. The predicted octanol–water partition coefficient (Wildman–Crippen LogP) is 2.68. The van der Waals surface area contributed by atoms with Crippen LogP contribution in [-0.2, 0) is 0 Å². The van der Waals surface area contributed by atoms with Crippen LogP contribution in [-0.4, -0.2) is 21.3 Å². The number of nitrogens with zero attached hydrogens (tertiary/aromatic N) is 2. The first-order valence-electron chi connectivity index (χ1n) is 4.13. The summed E-state index contributed by atoms with van der Waals surface area (Å²) in [6.45, 7) is 0. The van der Waals surface area contributed by atoms with Crippen LogP contribution in [0.15, 0.2) is 23.7 Å².